The van der Waals surface area contributed by atoms with Gasteiger partial charge in [-0.1, -0.05) is 0 Å². The molecule has 0 saturated carbocycles. The van der Waals surface area contributed by atoms with E-state index in [9.17, 15) is 13.2 Å². The maximum Gasteiger partial charge on any atom is 0.263 e. The Morgan fingerprint density at radius 2 is 1.52 bits per heavy atom. The molecule has 0 aliphatic rings. The second-order valence-electron chi connectivity index (χ2n) is 6.49. The summed E-state index contributed by atoms with van der Waals surface area (Å²) in [5, 5.41) is 13.5. The van der Waals surface area contributed by atoms with Gasteiger partial charge in [-0.2, -0.15) is 0 Å². The van der Waals surface area contributed by atoms with Gasteiger partial charge in [0.2, 0.25) is 5.91 Å². The summed E-state index contributed by atoms with van der Waals surface area (Å²) in [6.45, 7) is 7.32. The van der Waals surface area contributed by atoms with Gasteiger partial charge in [0.25, 0.3) is 10.0 Å². The highest BCUT2D eigenvalue weighted by molar-refractivity contribution is 7.92. The average molecular weight is 363 g/mol. The molecule has 2 aromatic rings. The SMILES string of the molecule is CC(=O)Nc1ccc(S(=O)(=O)Nc2ccc(NC(C)(C)C)nn2)cc1. The third kappa shape index (κ3) is 5.71. The summed E-state index contributed by atoms with van der Waals surface area (Å²) in [6, 6.07) is 9.00. The molecule has 9 heteroatoms. The monoisotopic (exact) mass is 363 g/mol. The van der Waals surface area contributed by atoms with Crippen LogP contribution in [0, 0.1) is 0 Å². The number of rotatable bonds is 5. The van der Waals surface area contributed by atoms with E-state index in [4.69, 9.17) is 0 Å². The Kier molecular flexibility index (Phi) is 5.27. The summed E-state index contributed by atoms with van der Waals surface area (Å²) in [5.74, 6) is 0.438. The summed E-state index contributed by atoms with van der Waals surface area (Å²) in [6.07, 6.45) is 0. The van der Waals surface area contributed by atoms with Crippen molar-refractivity contribution in [3.05, 3.63) is 36.4 Å². The predicted octanol–water partition coefficient (Wildman–Crippen LogP) is 2.45. The molecular formula is C16H21N5O3S. The Bertz CT molecular complexity index is 841. The van der Waals surface area contributed by atoms with Crippen molar-refractivity contribution in [1.29, 1.82) is 0 Å². The number of amides is 1. The molecule has 0 saturated heterocycles. The first-order valence-electron chi connectivity index (χ1n) is 7.57. The zero-order chi connectivity index (χ0) is 18.7. The Labute approximate surface area is 147 Å². The summed E-state index contributed by atoms with van der Waals surface area (Å²) < 4.78 is 27.1. The predicted molar refractivity (Wildman–Crippen MR) is 97.0 cm³/mol. The van der Waals surface area contributed by atoms with Crippen LogP contribution in [0.25, 0.3) is 0 Å². The van der Waals surface area contributed by atoms with Gasteiger partial charge in [-0.3, -0.25) is 9.52 Å². The highest BCUT2D eigenvalue weighted by atomic mass is 32.2. The smallest absolute Gasteiger partial charge is 0.263 e. The molecule has 0 fully saturated rings. The topological polar surface area (TPSA) is 113 Å². The zero-order valence-electron chi connectivity index (χ0n) is 14.5. The minimum Gasteiger partial charge on any atom is -0.364 e. The van der Waals surface area contributed by atoms with Crippen LogP contribution < -0.4 is 15.4 Å². The second kappa shape index (κ2) is 7.06. The van der Waals surface area contributed by atoms with E-state index >= 15 is 0 Å². The zero-order valence-corrected chi connectivity index (χ0v) is 15.3. The van der Waals surface area contributed by atoms with Crippen LogP contribution in [0.4, 0.5) is 17.3 Å². The molecule has 25 heavy (non-hydrogen) atoms. The maximum absolute atomic E-state index is 12.4. The molecule has 1 heterocycles. The molecule has 0 radical (unpaired) electrons. The fourth-order valence-electron chi connectivity index (χ4n) is 1.95. The molecule has 8 nitrogen and oxygen atoms in total. The standard InChI is InChI=1S/C16H21N5O3S/c1-11(22)17-12-5-7-13(8-6-12)25(23,24)21-15-10-9-14(19-20-15)18-16(2,3)4/h5-10H,1-4H3,(H,17,22)(H,18,19)(H,20,21). The Hall–Kier alpha value is -2.68. The van der Waals surface area contributed by atoms with Crippen molar-refractivity contribution >= 4 is 33.3 Å². The van der Waals surface area contributed by atoms with Crippen molar-refractivity contribution in [1.82, 2.24) is 10.2 Å². The van der Waals surface area contributed by atoms with Gasteiger partial charge >= 0.3 is 0 Å². The molecule has 1 aromatic heterocycles. The lowest BCUT2D eigenvalue weighted by molar-refractivity contribution is -0.114. The molecule has 0 spiro atoms. The molecule has 0 unspecified atom stereocenters. The number of aromatic nitrogens is 2. The van der Waals surface area contributed by atoms with Crippen molar-refractivity contribution < 1.29 is 13.2 Å². The largest absolute Gasteiger partial charge is 0.364 e. The number of sulfonamides is 1. The van der Waals surface area contributed by atoms with Crippen molar-refractivity contribution in [3.8, 4) is 0 Å². The van der Waals surface area contributed by atoms with Crippen molar-refractivity contribution in [2.45, 2.75) is 38.1 Å². The van der Waals surface area contributed by atoms with E-state index in [-0.39, 0.29) is 22.2 Å². The maximum atomic E-state index is 12.4. The molecule has 3 N–H and O–H groups in total. The van der Waals surface area contributed by atoms with E-state index in [2.05, 4.69) is 25.6 Å². The number of anilines is 3. The van der Waals surface area contributed by atoms with Gasteiger partial charge in [-0.15, -0.1) is 10.2 Å². The Morgan fingerprint density at radius 1 is 0.960 bits per heavy atom. The first-order chi connectivity index (χ1) is 11.5. The van der Waals surface area contributed by atoms with Gasteiger partial charge in [0.1, 0.15) is 5.82 Å². The van der Waals surface area contributed by atoms with E-state index in [0.29, 0.717) is 11.5 Å². The molecular weight excluding hydrogens is 342 g/mol. The lowest BCUT2D eigenvalue weighted by Gasteiger charge is -2.20. The van der Waals surface area contributed by atoms with Crippen LogP contribution >= 0.6 is 0 Å². The van der Waals surface area contributed by atoms with Crippen LogP contribution in [0.5, 0.6) is 0 Å². The van der Waals surface area contributed by atoms with Gasteiger partial charge in [0.15, 0.2) is 5.82 Å². The fraction of sp³-hybridized carbons (Fsp3) is 0.312. The second-order valence-corrected chi connectivity index (χ2v) is 8.17. The molecule has 1 aromatic carbocycles. The summed E-state index contributed by atoms with van der Waals surface area (Å²) in [4.78, 5) is 11.0. The summed E-state index contributed by atoms with van der Waals surface area (Å²) in [5.41, 5.74) is 0.342. The molecule has 0 bridgehead atoms. The van der Waals surface area contributed by atoms with Crippen LogP contribution in [0.15, 0.2) is 41.3 Å². The van der Waals surface area contributed by atoms with Crippen LogP contribution in [0.2, 0.25) is 0 Å². The van der Waals surface area contributed by atoms with Crippen molar-refractivity contribution in [2.24, 2.45) is 0 Å². The van der Waals surface area contributed by atoms with Crippen molar-refractivity contribution in [3.63, 3.8) is 0 Å². The first kappa shape index (κ1) is 18.7. The van der Waals surface area contributed by atoms with Crippen LogP contribution in [0.3, 0.4) is 0 Å². The van der Waals surface area contributed by atoms with E-state index in [1.165, 1.54) is 37.3 Å². The highest BCUT2D eigenvalue weighted by Gasteiger charge is 2.16. The molecule has 134 valence electrons. The van der Waals surface area contributed by atoms with Crippen LogP contribution in [-0.4, -0.2) is 30.1 Å². The van der Waals surface area contributed by atoms with Gasteiger partial charge in [-0.05, 0) is 57.2 Å². The van der Waals surface area contributed by atoms with Crippen LogP contribution in [-0.2, 0) is 14.8 Å². The molecule has 2 rings (SSSR count). The molecule has 0 aliphatic carbocycles. The van der Waals surface area contributed by atoms with Gasteiger partial charge in [-0.25, -0.2) is 8.42 Å². The normalized spacial score (nSPS) is 11.7. The minimum atomic E-state index is -3.79. The van der Waals surface area contributed by atoms with Gasteiger partial charge < -0.3 is 10.6 Å². The molecule has 0 atom stereocenters. The third-order valence-electron chi connectivity index (χ3n) is 2.89. The van der Waals surface area contributed by atoms with Gasteiger partial charge in [0, 0.05) is 18.2 Å². The average Bonchev–Trinajstić information content (AvgIpc) is 2.47. The minimum absolute atomic E-state index is 0.0558. The number of benzene rings is 1. The van der Waals surface area contributed by atoms with E-state index in [1.807, 2.05) is 20.8 Å². The Balaban J connectivity index is 2.11. The van der Waals surface area contributed by atoms with Crippen LogP contribution in [0.1, 0.15) is 27.7 Å². The number of nitrogens with zero attached hydrogens (tertiary/aromatic N) is 2. The third-order valence-corrected chi connectivity index (χ3v) is 4.26. The first-order valence-corrected chi connectivity index (χ1v) is 9.06. The van der Waals surface area contributed by atoms with Crippen molar-refractivity contribution in [2.75, 3.05) is 15.4 Å². The number of hydrogen-bond donors (Lipinski definition) is 3. The summed E-state index contributed by atoms with van der Waals surface area (Å²) in [7, 11) is -3.79. The van der Waals surface area contributed by atoms with E-state index in [1.54, 1.807) is 6.07 Å². The quantitative estimate of drug-likeness (QED) is 0.752. The number of nitrogens with one attached hydrogen (secondary N) is 3. The van der Waals surface area contributed by atoms with E-state index in [0.717, 1.165) is 0 Å². The van der Waals surface area contributed by atoms with Gasteiger partial charge in [0.05, 0.1) is 4.90 Å². The Morgan fingerprint density at radius 3 is 2.00 bits per heavy atom. The number of hydrogen-bond acceptors (Lipinski definition) is 6. The van der Waals surface area contributed by atoms with E-state index < -0.39 is 10.0 Å². The summed E-state index contributed by atoms with van der Waals surface area (Å²) >= 11 is 0. The highest BCUT2D eigenvalue weighted by Crippen LogP contribution is 2.18. The molecule has 0 aliphatic heterocycles. The lowest BCUT2D eigenvalue weighted by Crippen LogP contribution is -2.26. The molecule has 1 amide bonds. The fourth-order valence-corrected chi connectivity index (χ4v) is 2.95. The number of carbonyl (C=O) groups is 1. The number of carbonyl (C=O) groups excluding carboxylic acids is 1. The lowest BCUT2D eigenvalue weighted by atomic mass is 10.1.